The number of benzene rings is 2. The number of rotatable bonds is 7. The molecule has 0 aromatic heterocycles. The van der Waals surface area contributed by atoms with Crippen LogP contribution in [0.1, 0.15) is 30.9 Å². The third-order valence-electron chi connectivity index (χ3n) is 4.29. The number of carbonyl (C=O) groups is 1. The van der Waals surface area contributed by atoms with Crippen molar-refractivity contribution in [1.29, 1.82) is 0 Å². The fraction of sp³-hybridized carbons (Fsp3) is 0.350. The zero-order valence-electron chi connectivity index (χ0n) is 13.5. The van der Waals surface area contributed by atoms with Crippen molar-refractivity contribution in [3.63, 3.8) is 0 Å². The molecule has 3 rings (SSSR count). The molecule has 0 radical (unpaired) electrons. The lowest BCUT2D eigenvalue weighted by molar-refractivity contribution is -0.123. The van der Waals surface area contributed by atoms with Crippen LogP contribution < -0.4 is 10.1 Å². The molecule has 0 saturated heterocycles. The first-order valence-electron chi connectivity index (χ1n) is 8.26. The van der Waals surface area contributed by atoms with E-state index < -0.39 is 0 Å². The molecule has 23 heavy (non-hydrogen) atoms. The normalized spacial score (nSPS) is 15.0. The lowest BCUT2D eigenvalue weighted by Gasteiger charge is -2.15. The molecule has 0 spiro atoms. The molecule has 1 unspecified atom stereocenters. The van der Waals surface area contributed by atoms with Gasteiger partial charge in [-0.15, -0.1) is 0 Å². The minimum absolute atomic E-state index is 0.0427. The highest BCUT2D eigenvalue weighted by Gasteiger charge is 2.28. The van der Waals surface area contributed by atoms with Crippen LogP contribution in [-0.2, 0) is 11.2 Å². The second-order valence-corrected chi connectivity index (χ2v) is 6.25. The first-order valence-corrected chi connectivity index (χ1v) is 8.26. The van der Waals surface area contributed by atoms with Crippen LogP contribution in [-0.4, -0.2) is 18.6 Å². The largest absolute Gasteiger partial charge is 0.483 e. The van der Waals surface area contributed by atoms with Gasteiger partial charge in [0.05, 0.1) is 0 Å². The average molecular weight is 309 g/mol. The van der Waals surface area contributed by atoms with Crippen molar-refractivity contribution >= 4 is 5.91 Å². The summed E-state index contributed by atoms with van der Waals surface area (Å²) in [4.78, 5) is 12.0. The standard InChI is InChI=1S/C20H23NO2/c1-15(17-11-12-17)21-20(22)14-23-19-10-6-5-9-18(19)13-16-7-3-2-4-8-16/h2-10,15,17H,11-14H2,1H3,(H,21,22). The molecule has 1 N–H and O–H groups in total. The van der Waals surface area contributed by atoms with E-state index in [1.54, 1.807) is 0 Å². The van der Waals surface area contributed by atoms with Crippen LogP contribution in [0.5, 0.6) is 5.75 Å². The maximum Gasteiger partial charge on any atom is 0.258 e. The number of para-hydroxylation sites is 1. The molecular weight excluding hydrogens is 286 g/mol. The summed E-state index contributed by atoms with van der Waals surface area (Å²) in [5.41, 5.74) is 2.33. The van der Waals surface area contributed by atoms with E-state index in [4.69, 9.17) is 4.74 Å². The molecule has 1 aliphatic rings. The molecule has 0 bridgehead atoms. The summed E-state index contributed by atoms with van der Waals surface area (Å²) >= 11 is 0. The predicted molar refractivity (Wildman–Crippen MR) is 91.5 cm³/mol. The van der Waals surface area contributed by atoms with E-state index in [1.165, 1.54) is 18.4 Å². The third-order valence-corrected chi connectivity index (χ3v) is 4.29. The number of hydrogen-bond acceptors (Lipinski definition) is 2. The van der Waals surface area contributed by atoms with E-state index in [0.717, 1.165) is 17.7 Å². The molecule has 1 amide bonds. The van der Waals surface area contributed by atoms with Gasteiger partial charge in [0, 0.05) is 12.5 Å². The van der Waals surface area contributed by atoms with Crippen LogP contribution in [0.4, 0.5) is 0 Å². The zero-order chi connectivity index (χ0) is 16.1. The zero-order valence-corrected chi connectivity index (χ0v) is 13.5. The molecule has 0 heterocycles. The van der Waals surface area contributed by atoms with Crippen LogP contribution in [0.3, 0.4) is 0 Å². The Morgan fingerprint density at radius 2 is 1.83 bits per heavy atom. The lowest BCUT2D eigenvalue weighted by atomic mass is 10.0. The van der Waals surface area contributed by atoms with E-state index >= 15 is 0 Å². The summed E-state index contributed by atoms with van der Waals surface area (Å²) in [6.45, 7) is 2.14. The molecule has 2 aromatic carbocycles. The van der Waals surface area contributed by atoms with E-state index in [1.807, 2.05) is 42.5 Å². The Kier molecular flexibility index (Phi) is 4.96. The van der Waals surface area contributed by atoms with E-state index in [-0.39, 0.29) is 18.6 Å². The summed E-state index contributed by atoms with van der Waals surface area (Å²) in [6, 6.07) is 18.4. The fourth-order valence-electron chi connectivity index (χ4n) is 2.76. The van der Waals surface area contributed by atoms with E-state index in [0.29, 0.717) is 5.92 Å². The van der Waals surface area contributed by atoms with E-state index in [9.17, 15) is 4.79 Å². The second kappa shape index (κ2) is 7.32. The van der Waals surface area contributed by atoms with Gasteiger partial charge in [-0.05, 0) is 42.9 Å². The Hall–Kier alpha value is -2.29. The highest BCUT2D eigenvalue weighted by Crippen LogP contribution is 2.32. The molecule has 0 aliphatic heterocycles. The predicted octanol–water partition coefficient (Wildman–Crippen LogP) is 3.57. The van der Waals surface area contributed by atoms with Crippen molar-refractivity contribution in [1.82, 2.24) is 5.32 Å². The first kappa shape index (κ1) is 15.6. The van der Waals surface area contributed by atoms with Gasteiger partial charge < -0.3 is 10.1 Å². The highest BCUT2D eigenvalue weighted by molar-refractivity contribution is 5.77. The fourth-order valence-corrected chi connectivity index (χ4v) is 2.76. The van der Waals surface area contributed by atoms with Gasteiger partial charge in [0.15, 0.2) is 6.61 Å². The van der Waals surface area contributed by atoms with Crippen molar-refractivity contribution in [2.75, 3.05) is 6.61 Å². The molecule has 2 aromatic rings. The minimum atomic E-state index is -0.0427. The van der Waals surface area contributed by atoms with Gasteiger partial charge >= 0.3 is 0 Å². The summed E-state index contributed by atoms with van der Waals surface area (Å²) < 4.78 is 5.76. The smallest absolute Gasteiger partial charge is 0.258 e. The second-order valence-electron chi connectivity index (χ2n) is 6.25. The van der Waals surface area contributed by atoms with Gasteiger partial charge in [0.25, 0.3) is 5.91 Å². The monoisotopic (exact) mass is 309 g/mol. The molecule has 1 saturated carbocycles. The van der Waals surface area contributed by atoms with Gasteiger partial charge in [-0.2, -0.15) is 0 Å². The van der Waals surface area contributed by atoms with Gasteiger partial charge in [-0.3, -0.25) is 4.79 Å². The summed E-state index contributed by atoms with van der Waals surface area (Å²) in [7, 11) is 0. The van der Waals surface area contributed by atoms with Gasteiger partial charge in [0.1, 0.15) is 5.75 Å². The third kappa shape index (κ3) is 4.59. The number of carbonyl (C=O) groups excluding carboxylic acids is 1. The minimum Gasteiger partial charge on any atom is -0.483 e. The quantitative estimate of drug-likeness (QED) is 0.849. The van der Waals surface area contributed by atoms with Gasteiger partial charge in [-0.1, -0.05) is 48.5 Å². The average Bonchev–Trinajstić information content (AvgIpc) is 3.40. The number of hydrogen-bond donors (Lipinski definition) is 1. The maximum atomic E-state index is 12.0. The first-order chi connectivity index (χ1) is 11.2. The lowest BCUT2D eigenvalue weighted by Crippen LogP contribution is -2.37. The summed E-state index contributed by atoms with van der Waals surface area (Å²) in [5, 5.41) is 3.02. The Balaban J connectivity index is 1.58. The van der Waals surface area contributed by atoms with Gasteiger partial charge in [0.2, 0.25) is 0 Å². The Morgan fingerprint density at radius 1 is 1.13 bits per heavy atom. The van der Waals surface area contributed by atoms with Crippen LogP contribution in [0, 0.1) is 5.92 Å². The van der Waals surface area contributed by atoms with Gasteiger partial charge in [-0.25, -0.2) is 0 Å². The van der Waals surface area contributed by atoms with Crippen LogP contribution in [0.15, 0.2) is 54.6 Å². The molecule has 3 nitrogen and oxygen atoms in total. The Bertz CT molecular complexity index is 650. The topological polar surface area (TPSA) is 38.3 Å². The molecule has 120 valence electrons. The molecule has 3 heteroatoms. The molecule has 1 aliphatic carbocycles. The van der Waals surface area contributed by atoms with Crippen LogP contribution in [0.25, 0.3) is 0 Å². The van der Waals surface area contributed by atoms with Crippen molar-refractivity contribution in [2.45, 2.75) is 32.2 Å². The molecule has 1 atom stereocenters. The SMILES string of the molecule is CC(NC(=O)COc1ccccc1Cc1ccccc1)C1CC1. The maximum absolute atomic E-state index is 12.0. The van der Waals surface area contributed by atoms with Crippen molar-refractivity contribution in [3.05, 3.63) is 65.7 Å². The van der Waals surface area contributed by atoms with Crippen molar-refractivity contribution in [3.8, 4) is 5.75 Å². The number of ether oxygens (including phenoxy) is 1. The molecular formula is C20H23NO2. The molecule has 1 fully saturated rings. The van der Waals surface area contributed by atoms with Crippen molar-refractivity contribution < 1.29 is 9.53 Å². The van der Waals surface area contributed by atoms with Crippen LogP contribution in [0.2, 0.25) is 0 Å². The number of amides is 1. The summed E-state index contributed by atoms with van der Waals surface area (Å²) in [6.07, 6.45) is 3.25. The Morgan fingerprint density at radius 3 is 2.57 bits per heavy atom. The van der Waals surface area contributed by atoms with Crippen LogP contribution >= 0.6 is 0 Å². The van der Waals surface area contributed by atoms with Crippen molar-refractivity contribution in [2.24, 2.45) is 5.92 Å². The number of nitrogens with one attached hydrogen (secondary N) is 1. The van der Waals surface area contributed by atoms with E-state index in [2.05, 4.69) is 24.4 Å². The summed E-state index contributed by atoms with van der Waals surface area (Å²) in [5.74, 6) is 1.40. The highest BCUT2D eigenvalue weighted by atomic mass is 16.5. The Labute approximate surface area is 137 Å².